The van der Waals surface area contributed by atoms with Gasteiger partial charge in [0.2, 0.25) is 5.91 Å². The average molecular weight is 554 g/mol. The number of nitrogens with one attached hydrogen (secondary N) is 3. The predicted octanol–water partition coefficient (Wildman–Crippen LogP) is 2.55. The number of hydrogen-bond acceptors (Lipinski definition) is 5. The number of halogens is 2. The van der Waals surface area contributed by atoms with Crippen LogP contribution in [-0.4, -0.2) is 56.2 Å². The minimum atomic E-state index is -0.299. The molecule has 1 unspecified atom stereocenters. The Bertz CT molecular complexity index is 973. The molecule has 1 fully saturated rings. The second kappa shape index (κ2) is 11.3. The van der Waals surface area contributed by atoms with Crippen LogP contribution in [0, 0.1) is 5.82 Å². The van der Waals surface area contributed by atoms with Gasteiger partial charge in [0.15, 0.2) is 17.6 Å². The number of aliphatic imine (C=N–C) groups is 1. The highest BCUT2D eigenvalue weighted by Gasteiger charge is 2.25. The van der Waals surface area contributed by atoms with Gasteiger partial charge in [0, 0.05) is 44.5 Å². The molecule has 4 rings (SSSR count). The molecule has 0 aliphatic carbocycles. The Morgan fingerprint density at radius 3 is 3.06 bits per heavy atom. The van der Waals surface area contributed by atoms with Gasteiger partial charge >= 0.3 is 0 Å². The molecule has 0 spiro atoms. The normalized spacial score (nSPS) is 17.8. The molecule has 2 aliphatic rings. The summed E-state index contributed by atoms with van der Waals surface area (Å²) in [5.41, 5.74) is 1.96. The van der Waals surface area contributed by atoms with Crippen molar-refractivity contribution >= 4 is 47.3 Å². The molecule has 1 atom stereocenters. The fourth-order valence-corrected chi connectivity index (χ4v) is 3.86. The number of aromatic nitrogens is 1. The minimum absolute atomic E-state index is 0. The largest absolute Gasteiger partial charge is 0.492 e. The molecule has 0 saturated carbocycles. The highest BCUT2D eigenvalue weighted by atomic mass is 127. The number of anilines is 2. The third-order valence-electron chi connectivity index (χ3n) is 5.43. The van der Waals surface area contributed by atoms with E-state index < -0.39 is 0 Å². The molecule has 1 saturated heterocycles. The Morgan fingerprint density at radius 1 is 1.38 bits per heavy atom. The van der Waals surface area contributed by atoms with Crippen molar-refractivity contribution in [3.05, 3.63) is 47.9 Å². The zero-order valence-corrected chi connectivity index (χ0v) is 20.3. The Labute approximate surface area is 204 Å². The lowest BCUT2D eigenvalue weighted by Crippen LogP contribution is -2.45. The molecule has 0 radical (unpaired) electrons. The van der Waals surface area contributed by atoms with Crippen LogP contribution in [0.25, 0.3) is 0 Å². The van der Waals surface area contributed by atoms with Crippen molar-refractivity contribution in [2.45, 2.75) is 25.3 Å². The summed E-state index contributed by atoms with van der Waals surface area (Å²) in [7, 11) is 1.72. The fourth-order valence-electron chi connectivity index (χ4n) is 3.86. The van der Waals surface area contributed by atoms with E-state index in [9.17, 15) is 9.18 Å². The van der Waals surface area contributed by atoms with Crippen molar-refractivity contribution in [2.75, 3.05) is 43.5 Å². The molecular weight excluding hydrogens is 526 g/mol. The van der Waals surface area contributed by atoms with Crippen molar-refractivity contribution in [3.8, 4) is 5.75 Å². The first-order valence-corrected chi connectivity index (χ1v) is 10.5. The number of pyridine rings is 1. The molecule has 1 aromatic carbocycles. The minimum Gasteiger partial charge on any atom is -0.492 e. The molecule has 3 heterocycles. The fraction of sp³-hybridized carbons (Fsp3) is 0.409. The number of nitrogens with zero attached hydrogens (tertiary/aromatic N) is 3. The first-order valence-electron chi connectivity index (χ1n) is 10.5. The highest BCUT2D eigenvalue weighted by Crippen LogP contribution is 2.26. The smallest absolute Gasteiger partial charge is 0.224 e. The van der Waals surface area contributed by atoms with Crippen LogP contribution in [-0.2, 0) is 11.2 Å². The number of ether oxygens (including phenoxy) is 1. The second-order valence-electron chi connectivity index (χ2n) is 7.60. The van der Waals surface area contributed by atoms with Crippen LogP contribution in [0.3, 0.4) is 0 Å². The third kappa shape index (κ3) is 5.99. The maximum atomic E-state index is 14.0. The van der Waals surface area contributed by atoms with Crippen molar-refractivity contribution in [3.63, 3.8) is 0 Å². The quantitative estimate of drug-likeness (QED) is 0.220. The van der Waals surface area contributed by atoms with Gasteiger partial charge in [-0.2, -0.15) is 0 Å². The van der Waals surface area contributed by atoms with Crippen LogP contribution in [0.2, 0.25) is 0 Å². The van der Waals surface area contributed by atoms with Crippen LogP contribution in [0.1, 0.15) is 18.4 Å². The summed E-state index contributed by atoms with van der Waals surface area (Å²) in [6.45, 7) is 2.46. The number of benzene rings is 1. The van der Waals surface area contributed by atoms with Crippen molar-refractivity contribution in [1.82, 2.24) is 15.6 Å². The topological polar surface area (TPSA) is 90.9 Å². The van der Waals surface area contributed by atoms with E-state index in [-0.39, 0.29) is 41.7 Å². The first kappa shape index (κ1) is 24.0. The Hall–Kier alpha value is -2.63. The molecule has 2 aliphatic heterocycles. The van der Waals surface area contributed by atoms with Crippen LogP contribution in [0.15, 0.2) is 41.5 Å². The number of hydrogen-bond donors (Lipinski definition) is 3. The Balaban J connectivity index is 0.00000289. The number of guanidine groups is 1. The maximum Gasteiger partial charge on any atom is 0.224 e. The van der Waals surface area contributed by atoms with Gasteiger partial charge in [-0.05, 0) is 48.7 Å². The van der Waals surface area contributed by atoms with Gasteiger partial charge in [-0.15, -0.1) is 24.0 Å². The molecule has 0 bridgehead atoms. The van der Waals surface area contributed by atoms with E-state index in [1.54, 1.807) is 19.3 Å². The lowest BCUT2D eigenvalue weighted by molar-refractivity contribution is -0.116. The van der Waals surface area contributed by atoms with Gasteiger partial charge in [0.1, 0.15) is 12.4 Å². The van der Waals surface area contributed by atoms with E-state index >= 15 is 0 Å². The number of carbonyl (C=O) groups excluding carboxylic acids is 1. The van der Waals surface area contributed by atoms with E-state index in [0.717, 1.165) is 36.4 Å². The Kier molecular flexibility index (Phi) is 8.48. The first-order chi connectivity index (χ1) is 15.1. The van der Waals surface area contributed by atoms with Crippen LogP contribution in [0.4, 0.5) is 15.9 Å². The lowest BCUT2D eigenvalue weighted by atomic mass is 10.0. The monoisotopic (exact) mass is 554 g/mol. The third-order valence-corrected chi connectivity index (χ3v) is 5.43. The summed E-state index contributed by atoms with van der Waals surface area (Å²) in [6, 6.07) is 8.91. The molecule has 1 aromatic heterocycles. The van der Waals surface area contributed by atoms with Crippen molar-refractivity contribution < 1.29 is 13.9 Å². The van der Waals surface area contributed by atoms with Gasteiger partial charge in [-0.3, -0.25) is 9.79 Å². The molecule has 1 amide bonds. The maximum absolute atomic E-state index is 14.0. The molecule has 3 N–H and O–H groups in total. The number of fused-ring (bicyclic) bond motifs is 1. The lowest BCUT2D eigenvalue weighted by Gasteiger charge is -2.20. The molecule has 172 valence electrons. The van der Waals surface area contributed by atoms with Crippen molar-refractivity contribution in [1.29, 1.82) is 0 Å². The predicted molar refractivity (Wildman–Crippen MR) is 134 cm³/mol. The van der Waals surface area contributed by atoms with Crippen LogP contribution < -0.4 is 25.6 Å². The zero-order chi connectivity index (χ0) is 21.6. The Morgan fingerprint density at radius 2 is 2.25 bits per heavy atom. The van der Waals surface area contributed by atoms with Gasteiger partial charge in [0.05, 0.1) is 6.54 Å². The summed E-state index contributed by atoms with van der Waals surface area (Å²) in [6.07, 6.45) is 3.72. The van der Waals surface area contributed by atoms with E-state index in [0.29, 0.717) is 37.9 Å². The molecular formula is C22H28FIN6O2. The van der Waals surface area contributed by atoms with E-state index in [4.69, 9.17) is 4.74 Å². The molecule has 32 heavy (non-hydrogen) atoms. The van der Waals surface area contributed by atoms with Gasteiger partial charge < -0.3 is 25.6 Å². The summed E-state index contributed by atoms with van der Waals surface area (Å²) in [4.78, 5) is 21.8. The summed E-state index contributed by atoms with van der Waals surface area (Å²) in [5.74, 6) is 1.62. The SMILES string of the molecule is CN=C(NCCOc1ccc2c(c1)CCC(=O)N2)NC1CCN(c2ncccc2F)C1.I. The summed E-state index contributed by atoms with van der Waals surface area (Å²) >= 11 is 0. The van der Waals surface area contributed by atoms with E-state index in [1.807, 2.05) is 23.1 Å². The van der Waals surface area contributed by atoms with E-state index in [1.165, 1.54) is 6.07 Å². The molecule has 2 aromatic rings. The standard InChI is InChI=1S/C22H27FN6O2.HI/c1-24-22(27-16-8-11-29(14-16)21-18(23)3-2-9-25-21)26-10-12-31-17-5-6-19-15(13-17)4-7-20(30)28-19;/h2-3,5-6,9,13,16H,4,7-8,10-12,14H2,1H3,(H,28,30)(H2,24,26,27);1H. The molecule has 10 heteroatoms. The average Bonchev–Trinajstić information content (AvgIpc) is 3.24. The number of carbonyl (C=O) groups is 1. The summed E-state index contributed by atoms with van der Waals surface area (Å²) < 4.78 is 19.8. The summed E-state index contributed by atoms with van der Waals surface area (Å²) in [5, 5.41) is 9.50. The molecule has 8 nitrogen and oxygen atoms in total. The number of rotatable bonds is 6. The van der Waals surface area contributed by atoms with E-state index in [2.05, 4.69) is 25.9 Å². The van der Waals surface area contributed by atoms with Crippen molar-refractivity contribution in [2.24, 2.45) is 4.99 Å². The van der Waals surface area contributed by atoms with Gasteiger partial charge in [-0.25, -0.2) is 9.37 Å². The van der Waals surface area contributed by atoms with Gasteiger partial charge in [0.25, 0.3) is 0 Å². The highest BCUT2D eigenvalue weighted by molar-refractivity contribution is 14.0. The van der Waals surface area contributed by atoms with Crippen LogP contribution in [0.5, 0.6) is 5.75 Å². The van der Waals surface area contributed by atoms with Gasteiger partial charge in [-0.1, -0.05) is 0 Å². The number of aryl methyl sites for hydroxylation is 1. The second-order valence-corrected chi connectivity index (χ2v) is 7.60. The number of amides is 1. The van der Waals surface area contributed by atoms with Crippen LogP contribution >= 0.6 is 24.0 Å². The zero-order valence-electron chi connectivity index (χ0n) is 17.9.